The number of fused-ring (bicyclic) bond motifs is 1. The highest BCUT2D eigenvalue weighted by molar-refractivity contribution is 5.90. The molecule has 0 unspecified atom stereocenters. The van der Waals surface area contributed by atoms with E-state index in [-0.39, 0.29) is 23.5 Å². The molecule has 0 saturated carbocycles. The van der Waals surface area contributed by atoms with E-state index in [1.54, 1.807) is 0 Å². The van der Waals surface area contributed by atoms with Crippen LogP contribution in [-0.4, -0.2) is 30.5 Å². The third kappa shape index (κ3) is 3.03. The molecule has 0 spiro atoms. The number of anilines is 1. The van der Waals surface area contributed by atoms with Crippen molar-refractivity contribution in [2.75, 3.05) is 5.32 Å². The number of amides is 1. The number of nitrogens with one attached hydrogen (secondary N) is 1. The lowest BCUT2D eigenvalue weighted by atomic mass is 10.1. The quantitative estimate of drug-likeness (QED) is 0.760. The number of nitrogens with zero attached hydrogens (tertiary/aromatic N) is 5. The van der Waals surface area contributed by atoms with Crippen LogP contribution in [-0.2, 0) is 24.3 Å². The van der Waals surface area contributed by atoms with Gasteiger partial charge >= 0.3 is 0 Å². The number of benzene rings is 1. The fourth-order valence-electron chi connectivity index (χ4n) is 2.39. The Morgan fingerprint density at radius 3 is 2.62 bits per heavy atom. The van der Waals surface area contributed by atoms with E-state index in [4.69, 9.17) is 0 Å². The van der Waals surface area contributed by atoms with E-state index in [2.05, 4.69) is 27.5 Å². The molecule has 1 N–H and O–H groups in total. The summed E-state index contributed by atoms with van der Waals surface area (Å²) in [6.07, 6.45) is 2.29. The first-order valence-electron chi connectivity index (χ1n) is 7.79. The van der Waals surface area contributed by atoms with Gasteiger partial charge in [0.2, 0.25) is 5.91 Å². The van der Waals surface area contributed by atoms with Crippen molar-refractivity contribution in [1.82, 2.24) is 24.5 Å². The molecule has 8 heteroatoms. The molecule has 1 aromatic carbocycles. The minimum atomic E-state index is -0.379. The van der Waals surface area contributed by atoms with Gasteiger partial charge in [-0.05, 0) is 31.0 Å². The Bertz CT molecular complexity index is 926. The molecule has 24 heavy (non-hydrogen) atoms. The summed E-state index contributed by atoms with van der Waals surface area (Å²) in [5.74, 6) is -0.301. The second kappa shape index (κ2) is 6.61. The van der Waals surface area contributed by atoms with E-state index in [1.807, 2.05) is 31.2 Å². The summed E-state index contributed by atoms with van der Waals surface area (Å²) in [4.78, 5) is 28.7. The van der Waals surface area contributed by atoms with E-state index in [0.29, 0.717) is 17.9 Å². The van der Waals surface area contributed by atoms with Crippen LogP contribution < -0.4 is 10.9 Å². The van der Waals surface area contributed by atoms with E-state index < -0.39 is 0 Å². The molecule has 3 rings (SSSR count). The minimum Gasteiger partial charge on any atom is -0.325 e. The van der Waals surface area contributed by atoms with Crippen LogP contribution in [0.5, 0.6) is 0 Å². The van der Waals surface area contributed by atoms with Crippen LogP contribution in [0.25, 0.3) is 11.2 Å². The lowest BCUT2D eigenvalue weighted by Crippen LogP contribution is -2.28. The molecule has 3 aromatic rings. The number of aryl methyl sites for hydroxylation is 2. The van der Waals surface area contributed by atoms with Gasteiger partial charge in [0.1, 0.15) is 12.9 Å². The molecule has 0 radical (unpaired) electrons. The zero-order valence-electron chi connectivity index (χ0n) is 13.6. The van der Waals surface area contributed by atoms with Gasteiger partial charge in [0.25, 0.3) is 5.56 Å². The maximum Gasteiger partial charge on any atom is 0.283 e. The van der Waals surface area contributed by atoms with Crippen molar-refractivity contribution < 1.29 is 4.79 Å². The van der Waals surface area contributed by atoms with E-state index in [1.165, 1.54) is 21.1 Å². The van der Waals surface area contributed by atoms with E-state index in [0.717, 1.165) is 6.42 Å². The Balaban J connectivity index is 1.77. The smallest absolute Gasteiger partial charge is 0.283 e. The fourth-order valence-corrected chi connectivity index (χ4v) is 2.39. The summed E-state index contributed by atoms with van der Waals surface area (Å²) in [5.41, 5.74) is 2.10. The number of aromatic nitrogens is 5. The number of carbonyl (C=O) groups is 1. The van der Waals surface area contributed by atoms with Crippen LogP contribution >= 0.6 is 0 Å². The Labute approximate surface area is 138 Å². The van der Waals surface area contributed by atoms with Gasteiger partial charge in [0, 0.05) is 12.2 Å². The maximum atomic E-state index is 12.4. The number of rotatable bonds is 5. The van der Waals surface area contributed by atoms with Crippen molar-refractivity contribution in [3.05, 3.63) is 46.5 Å². The second-order valence-corrected chi connectivity index (χ2v) is 5.35. The van der Waals surface area contributed by atoms with Crippen molar-refractivity contribution in [2.45, 2.75) is 33.4 Å². The highest BCUT2D eigenvalue weighted by Crippen LogP contribution is 2.10. The molecule has 0 bridgehead atoms. The molecule has 124 valence electrons. The molecule has 8 nitrogen and oxygen atoms in total. The fraction of sp³-hybridized carbons (Fsp3) is 0.312. The maximum absolute atomic E-state index is 12.4. The van der Waals surface area contributed by atoms with Crippen LogP contribution in [0.4, 0.5) is 5.69 Å². The van der Waals surface area contributed by atoms with Gasteiger partial charge in [-0.2, -0.15) is 0 Å². The molecule has 1 amide bonds. The first-order valence-corrected chi connectivity index (χ1v) is 7.79. The molecule has 0 fully saturated rings. The highest BCUT2D eigenvalue weighted by Gasteiger charge is 2.13. The van der Waals surface area contributed by atoms with Crippen molar-refractivity contribution in [2.24, 2.45) is 0 Å². The molecular weight excluding hydrogens is 308 g/mol. The van der Waals surface area contributed by atoms with Crippen molar-refractivity contribution in [1.29, 1.82) is 0 Å². The van der Waals surface area contributed by atoms with E-state index in [9.17, 15) is 9.59 Å². The zero-order valence-corrected chi connectivity index (χ0v) is 13.6. The monoisotopic (exact) mass is 326 g/mol. The van der Waals surface area contributed by atoms with Crippen molar-refractivity contribution in [3.8, 4) is 0 Å². The third-order valence-electron chi connectivity index (χ3n) is 3.75. The average Bonchev–Trinajstić information content (AvgIpc) is 3.02. The van der Waals surface area contributed by atoms with Gasteiger partial charge < -0.3 is 5.32 Å². The summed E-state index contributed by atoms with van der Waals surface area (Å²) >= 11 is 0. The first-order chi connectivity index (χ1) is 11.6. The second-order valence-electron chi connectivity index (χ2n) is 5.35. The Kier molecular flexibility index (Phi) is 4.37. The first kappa shape index (κ1) is 15.9. The van der Waals surface area contributed by atoms with Gasteiger partial charge in [-0.15, -0.1) is 5.10 Å². The van der Waals surface area contributed by atoms with Crippen molar-refractivity contribution in [3.63, 3.8) is 0 Å². The summed E-state index contributed by atoms with van der Waals surface area (Å²) in [6.45, 7) is 4.40. The summed E-state index contributed by atoms with van der Waals surface area (Å²) < 4.78 is 2.77. The highest BCUT2D eigenvalue weighted by atomic mass is 16.2. The lowest BCUT2D eigenvalue weighted by molar-refractivity contribution is -0.116. The van der Waals surface area contributed by atoms with Crippen LogP contribution in [0.2, 0.25) is 0 Å². The summed E-state index contributed by atoms with van der Waals surface area (Å²) in [5, 5.41) is 10.5. The summed E-state index contributed by atoms with van der Waals surface area (Å²) in [6, 6.07) is 7.60. The largest absolute Gasteiger partial charge is 0.325 e. The number of carbonyl (C=O) groups excluding carboxylic acids is 1. The average molecular weight is 326 g/mol. The molecule has 0 saturated heterocycles. The third-order valence-corrected chi connectivity index (χ3v) is 3.75. The van der Waals surface area contributed by atoms with Gasteiger partial charge in [-0.3, -0.25) is 14.2 Å². The van der Waals surface area contributed by atoms with Gasteiger partial charge in [-0.1, -0.05) is 24.3 Å². The number of hydrogen-bond acceptors (Lipinski definition) is 5. The molecule has 0 aliphatic carbocycles. The molecular formula is C16H18N6O2. The van der Waals surface area contributed by atoms with Crippen LogP contribution in [0, 0.1) is 0 Å². The molecule has 0 atom stereocenters. The predicted molar refractivity (Wildman–Crippen MR) is 89.7 cm³/mol. The Hall–Kier alpha value is -3.03. The topological polar surface area (TPSA) is 94.7 Å². The van der Waals surface area contributed by atoms with Crippen LogP contribution in [0.15, 0.2) is 35.4 Å². The van der Waals surface area contributed by atoms with E-state index >= 15 is 0 Å². The van der Waals surface area contributed by atoms with Gasteiger partial charge in [0.05, 0.1) is 0 Å². The Morgan fingerprint density at radius 2 is 1.96 bits per heavy atom. The molecule has 0 aliphatic rings. The van der Waals surface area contributed by atoms with Gasteiger partial charge in [0.15, 0.2) is 11.2 Å². The molecule has 2 heterocycles. The van der Waals surface area contributed by atoms with Gasteiger partial charge in [-0.25, -0.2) is 9.67 Å². The minimum absolute atomic E-state index is 0.129. The zero-order chi connectivity index (χ0) is 17.1. The Morgan fingerprint density at radius 1 is 1.21 bits per heavy atom. The van der Waals surface area contributed by atoms with Crippen LogP contribution in [0.1, 0.15) is 19.4 Å². The summed E-state index contributed by atoms with van der Waals surface area (Å²) in [7, 11) is 0. The van der Waals surface area contributed by atoms with Crippen LogP contribution in [0.3, 0.4) is 0 Å². The lowest BCUT2D eigenvalue weighted by Gasteiger charge is -2.07. The normalized spacial score (nSPS) is 10.9. The predicted octanol–water partition coefficient (Wildman–Crippen LogP) is 1.21. The van der Waals surface area contributed by atoms with Crippen molar-refractivity contribution >= 4 is 22.8 Å². The molecule has 0 aliphatic heterocycles. The standard InChI is InChI=1S/C16H18N6O2/c1-3-11-5-7-12(8-6-11)18-13(23)9-21-10-17-15-14(16(21)24)19-20-22(15)4-2/h5-8,10H,3-4,9H2,1-2H3,(H,18,23). The number of hydrogen-bond donors (Lipinski definition) is 1. The SMILES string of the molecule is CCc1ccc(NC(=O)Cn2cnc3c(nnn3CC)c2=O)cc1. The molecule has 2 aromatic heterocycles.